The van der Waals surface area contributed by atoms with Crippen molar-refractivity contribution in [1.82, 2.24) is 4.98 Å². The van der Waals surface area contributed by atoms with Crippen molar-refractivity contribution in [2.75, 3.05) is 6.61 Å². The zero-order valence-corrected chi connectivity index (χ0v) is 5.18. The Kier molecular flexibility index (Phi) is 1.63. The monoisotopic (exact) mass is 126 g/mol. The van der Waals surface area contributed by atoms with Crippen molar-refractivity contribution in [2.24, 2.45) is 0 Å². The number of H-pyrrole nitrogens is 1. The second-order valence-electron chi connectivity index (χ2n) is 1.60. The van der Waals surface area contributed by atoms with E-state index in [4.69, 9.17) is 4.74 Å². The van der Waals surface area contributed by atoms with Crippen molar-refractivity contribution < 1.29 is 9.84 Å². The molecule has 0 aromatic carbocycles. The molecule has 1 N–H and O–H groups in total. The van der Waals surface area contributed by atoms with Crippen molar-refractivity contribution in [3.05, 3.63) is 12.3 Å². The summed E-state index contributed by atoms with van der Waals surface area (Å²) in [4.78, 5) is 2.67. The number of ether oxygens (including phenoxy) is 1. The second kappa shape index (κ2) is 2.44. The SMILES string of the molecule is CCOc1[nH]ccc1[O-]. The van der Waals surface area contributed by atoms with Crippen LogP contribution in [-0.2, 0) is 0 Å². The van der Waals surface area contributed by atoms with Gasteiger partial charge < -0.3 is 14.8 Å². The largest absolute Gasteiger partial charge is 0.869 e. The zero-order valence-electron chi connectivity index (χ0n) is 5.18. The molecule has 3 nitrogen and oxygen atoms in total. The second-order valence-corrected chi connectivity index (χ2v) is 1.60. The average molecular weight is 126 g/mol. The van der Waals surface area contributed by atoms with E-state index in [0.717, 1.165) is 0 Å². The topological polar surface area (TPSA) is 48.1 Å². The predicted octanol–water partition coefficient (Wildman–Crippen LogP) is 0.487. The fraction of sp³-hybridized carbons (Fsp3) is 0.333. The van der Waals surface area contributed by atoms with Crippen LogP contribution in [0, 0.1) is 0 Å². The molecular formula is C6H8NO2-. The van der Waals surface area contributed by atoms with E-state index >= 15 is 0 Å². The van der Waals surface area contributed by atoms with Gasteiger partial charge in [-0.1, -0.05) is 0 Å². The summed E-state index contributed by atoms with van der Waals surface area (Å²) in [7, 11) is 0. The first-order chi connectivity index (χ1) is 4.34. The van der Waals surface area contributed by atoms with Crippen molar-refractivity contribution in [1.29, 1.82) is 0 Å². The van der Waals surface area contributed by atoms with Gasteiger partial charge in [0.1, 0.15) is 0 Å². The lowest BCUT2D eigenvalue weighted by atomic mass is 10.6. The van der Waals surface area contributed by atoms with E-state index < -0.39 is 0 Å². The lowest BCUT2D eigenvalue weighted by molar-refractivity contribution is -0.270. The molecule has 0 atom stereocenters. The Morgan fingerprint density at radius 2 is 2.56 bits per heavy atom. The lowest BCUT2D eigenvalue weighted by Gasteiger charge is -2.05. The minimum atomic E-state index is -0.0862. The van der Waals surface area contributed by atoms with Crippen LogP contribution in [0.3, 0.4) is 0 Å². The van der Waals surface area contributed by atoms with E-state index in [-0.39, 0.29) is 5.75 Å². The van der Waals surface area contributed by atoms with Crippen LogP contribution in [0.1, 0.15) is 6.92 Å². The van der Waals surface area contributed by atoms with Gasteiger partial charge in [0.2, 0.25) is 0 Å². The van der Waals surface area contributed by atoms with Crippen LogP contribution < -0.4 is 9.84 Å². The summed E-state index contributed by atoms with van der Waals surface area (Å²) < 4.78 is 4.91. The Morgan fingerprint density at radius 3 is 3.00 bits per heavy atom. The van der Waals surface area contributed by atoms with Crippen molar-refractivity contribution >= 4 is 0 Å². The zero-order chi connectivity index (χ0) is 6.69. The van der Waals surface area contributed by atoms with Crippen LogP contribution in [-0.4, -0.2) is 11.6 Å². The van der Waals surface area contributed by atoms with Gasteiger partial charge in [-0.05, 0) is 18.7 Å². The molecule has 3 heteroatoms. The molecule has 0 aliphatic carbocycles. The molecule has 0 bridgehead atoms. The third-order valence-corrected chi connectivity index (χ3v) is 0.962. The van der Waals surface area contributed by atoms with E-state index in [2.05, 4.69) is 4.98 Å². The van der Waals surface area contributed by atoms with Crippen LogP contribution >= 0.6 is 0 Å². The van der Waals surface area contributed by atoms with Crippen LogP contribution in [0.25, 0.3) is 0 Å². The van der Waals surface area contributed by atoms with Crippen molar-refractivity contribution in [3.63, 3.8) is 0 Å². The van der Waals surface area contributed by atoms with Gasteiger partial charge in [0.25, 0.3) is 0 Å². The third-order valence-electron chi connectivity index (χ3n) is 0.962. The van der Waals surface area contributed by atoms with Gasteiger partial charge in [-0.3, -0.25) is 0 Å². The minimum absolute atomic E-state index is 0.0862. The maximum absolute atomic E-state index is 10.7. The van der Waals surface area contributed by atoms with Crippen molar-refractivity contribution in [2.45, 2.75) is 6.92 Å². The van der Waals surface area contributed by atoms with E-state index in [0.29, 0.717) is 12.5 Å². The fourth-order valence-electron chi connectivity index (χ4n) is 0.597. The van der Waals surface area contributed by atoms with Crippen molar-refractivity contribution in [3.8, 4) is 11.6 Å². The average Bonchev–Trinajstić information content (AvgIpc) is 2.18. The summed E-state index contributed by atoms with van der Waals surface area (Å²) in [6.45, 7) is 2.36. The summed E-state index contributed by atoms with van der Waals surface area (Å²) in [5.74, 6) is 0.245. The van der Waals surface area contributed by atoms with Gasteiger partial charge in [-0.2, -0.15) is 0 Å². The molecule has 0 aliphatic rings. The number of rotatable bonds is 2. The highest BCUT2D eigenvalue weighted by molar-refractivity contribution is 5.30. The molecule has 1 rings (SSSR count). The van der Waals surface area contributed by atoms with Gasteiger partial charge in [0, 0.05) is 6.20 Å². The Balaban J connectivity index is 2.69. The van der Waals surface area contributed by atoms with E-state index in [1.807, 2.05) is 6.92 Å². The Hall–Kier alpha value is -1.12. The molecule has 1 aromatic heterocycles. The van der Waals surface area contributed by atoms with E-state index in [1.165, 1.54) is 6.07 Å². The molecule has 0 saturated carbocycles. The van der Waals surface area contributed by atoms with Gasteiger partial charge in [-0.25, -0.2) is 0 Å². The molecule has 0 fully saturated rings. The maximum atomic E-state index is 10.7. The van der Waals surface area contributed by atoms with Gasteiger partial charge in [0.15, 0.2) is 5.88 Å². The number of aromatic amines is 1. The highest BCUT2D eigenvalue weighted by Gasteiger charge is 1.90. The Bertz CT molecular complexity index is 183. The van der Waals surface area contributed by atoms with Crippen LogP contribution in [0.2, 0.25) is 0 Å². The first-order valence-electron chi connectivity index (χ1n) is 2.81. The quantitative estimate of drug-likeness (QED) is 0.626. The summed E-state index contributed by atoms with van der Waals surface area (Å²) >= 11 is 0. The number of nitrogens with one attached hydrogen (secondary N) is 1. The van der Waals surface area contributed by atoms with Gasteiger partial charge in [-0.15, -0.1) is 0 Å². The summed E-state index contributed by atoms with van der Waals surface area (Å²) in [6.07, 6.45) is 1.56. The molecular weight excluding hydrogens is 118 g/mol. The van der Waals surface area contributed by atoms with Gasteiger partial charge >= 0.3 is 0 Å². The molecule has 0 radical (unpaired) electrons. The summed E-state index contributed by atoms with van der Waals surface area (Å²) in [6, 6.07) is 1.44. The van der Waals surface area contributed by atoms with Crippen LogP contribution in [0.15, 0.2) is 12.3 Å². The lowest BCUT2D eigenvalue weighted by Crippen LogP contribution is -1.96. The molecule has 0 saturated heterocycles. The number of hydrogen-bond acceptors (Lipinski definition) is 2. The predicted molar refractivity (Wildman–Crippen MR) is 31.4 cm³/mol. The van der Waals surface area contributed by atoms with E-state index in [9.17, 15) is 5.11 Å². The standard InChI is InChI=1S/C6H9NO2/c1-2-9-6-5(8)3-4-7-6/h3-4,7-8H,2H2,1H3/p-1. The van der Waals surface area contributed by atoms with Gasteiger partial charge in [0.05, 0.1) is 6.61 Å². The number of aromatic nitrogens is 1. The highest BCUT2D eigenvalue weighted by atomic mass is 16.5. The first kappa shape index (κ1) is 6.01. The normalized spacial score (nSPS) is 9.44. The molecule has 50 valence electrons. The summed E-state index contributed by atoms with van der Waals surface area (Å²) in [5, 5.41) is 10.7. The summed E-state index contributed by atoms with van der Waals surface area (Å²) in [5.41, 5.74) is 0. The maximum Gasteiger partial charge on any atom is 0.182 e. The first-order valence-corrected chi connectivity index (χ1v) is 2.81. The number of hydrogen-bond donors (Lipinski definition) is 1. The molecule has 0 spiro atoms. The smallest absolute Gasteiger partial charge is 0.182 e. The van der Waals surface area contributed by atoms with Crippen LogP contribution in [0.5, 0.6) is 11.6 Å². The third kappa shape index (κ3) is 1.16. The van der Waals surface area contributed by atoms with Crippen LogP contribution in [0.4, 0.5) is 0 Å². The fourth-order valence-corrected chi connectivity index (χ4v) is 0.597. The molecule has 0 amide bonds. The van der Waals surface area contributed by atoms with E-state index in [1.54, 1.807) is 6.20 Å². The highest BCUT2D eigenvalue weighted by Crippen LogP contribution is 2.18. The molecule has 1 heterocycles. The molecule has 0 aliphatic heterocycles. The molecule has 0 unspecified atom stereocenters. The molecule has 1 aromatic rings. The molecule has 9 heavy (non-hydrogen) atoms. The Labute approximate surface area is 53.3 Å². The Morgan fingerprint density at radius 1 is 1.78 bits per heavy atom. The minimum Gasteiger partial charge on any atom is -0.869 e.